The van der Waals surface area contributed by atoms with E-state index in [9.17, 15) is 4.79 Å². The van der Waals surface area contributed by atoms with Crippen molar-refractivity contribution in [3.63, 3.8) is 0 Å². The lowest BCUT2D eigenvalue weighted by Crippen LogP contribution is -2.49. The number of nitrogens with zero attached hydrogens (tertiary/aromatic N) is 4. The van der Waals surface area contributed by atoms with Crippen LogP contribution in [0.15, 0.2) is 60.1 Å². The average molecular weight is 453 g/mol. The van der Waals surface area contributed by atoms with Gasteiger partial charge in [0.1, 0.15) is 0 Å². The number of fused-ring (bicyclic) bond motifs is 1. The van der Waals surface area contributed by atoms with Crippen molar-refractivity contribution in [2.45, 2.75) is 25.4 Å². The molecule has 0 unspecified atom stereocenters. The molecule has 8 heteroatoms. The van der Waals surface area contributed by atoms with Crippen molar-refractivity contribution in [1.29, 1.82) is 0 Å². The van der Waals surface area contributed by atoms with Crippen molar-refractivity contribution in [1.82, 2.24) is 14.3 Å². The van der Waals surface area contributed by atoms with Gasteiger partial charge in [-0.2, -0.15) is 0 Å². The first-order valence-corrected chi connectivity index (χ1v) is 11.2. The Morgan fingerprint density at radius 2 is 2.12 bits per heavy atom. The number of benzene rings is 1. The summed E-state index contributed by atoms with van der Waals surface area (Å²) in [6, 6.07) is 11.5. The molecule has 0 aliphatic carbocycles. The van der Waals surface area contributed by atoms with Crippen molar-refractivity contribution in [3.8, 4) is 0 Å². The molecule has 166 valence electrons. The van der Waals surface area contributed by atoms with Crippen molar-refractivity contribution < 1.29 is 14.4 Å². The maximum atomic E-state index is 13.5. The summed E-state index contributed by atoms with van der Waals surface area (Å²) in [5.74, 6) is 0.0664. The van der Waals surface area contributed by atoms with E-state index in [-0.39, 0.29) is 11.8 Å². The number of oxime groups is 1. The Bertz CT molecular complexity index is 1180. The number of amides is 1. The summed E-state index contributed by atoms with van der Waals surface area (Å²) < 4.78 is 7.90. The van der Waals surface area contributed by atoms with Crippen LogP contribution < -0.4 is 0 Å². The smallest absolute Gasteiger partial charge is 0.269 e. The molecule has 1 saturated heterocycles. The number of hydrogen-bond donors (Lipinski definition) is 0. The lowest BCUT2D eigenvalue weighted by molar-refractivity contribution is -0.153. The molecule has 0 N–H and O–H groups in total. The number of carbonyl (C=O) groups excluding carboxylic acids is 1. The largest absolute Gasteiger partial charge is 0.379 e. The highest BCUT2D eigenvalue weighted by atomic mass is 35.5. The fourth-order valence-corrected chi connectivity index (χ4v) is 4.72. The quantitative estimate of drug-likeness (QED) is 0.606. The molecular formula is C24H25ClN4O3. The van der Waals surface area contributed by atoms with E-state index in [2.05, 4.69) is 20.6 Å². The highest BCUT2D eigenvalue weighted by molar-refractivity contribution is 6.34. The molecule has 2 aromatic heterocycles. The Morgan fingerprint density at radius 1 is 1.25 bits per heavy atom. The van der Waals surface area contributed by atoms with Gasteiger partial charge in [-0.3, -0.25) is 9.78 Å². The van der Waals surface area contributed by atoms with E-state index < -0.39 is 5.60 Å². The Labute approximate surface area is 191 Å². The predicted molar refractivity (Wildman–Crippen MR) is 122 cm³/mol. The maximum Gasteiger partial charge on any atom is 0.269 e. The fraction of sp³-hybridized carbons (Fsp3) is 0.375. The zero-order chi connectivity index (χ0) is 22.1. The van der Waals surface area contributed by atoms with Gasteiger partial charge in [-0.05, 0) is 31.5 Å². The molecule has 0 radical (unpaired) electrons. The lowest BCUT2D eigenvalue weighted by Gasteiger charge is -2.30. The maximum absolute atomic E-state index is 13.5. The molecule has 32 heavy (non-hydrogen) atoms. The first kappa shape index (κ1) is 21.0. The van der Waals surface area contributed by atoms with Crippen LogP contribution in [-0.2, 0) is 20.8 Å². The molecule has 2 aliphatic heterocycles. The molecule has 0 spiro atoms. The van der Waals surface area contributed by atoms with E-state index >= 15 is 0 Å². The van der Waals surface area contributed by atoms with Crippen molar-refractivity contribution in [3.05, 3.63) is 71.3 Å². The zero-order valence-corrected chi connectivity index (χ0v) is 18.7. The molecule has 3 aromatic rings. The number of ether oxygens (including phenoxy) is 1. The molecule has 2 atom stereocenters. The van der Waals surface area contributed by atoms with Crippen LogP contribution in [0.25, 0.3) is 5.52 Å². The van der Waals surface area contributed by atoms with Crippen LogP contribution in [0.1, 0.15) is 24.6 Å². The average Bonchev–Trinajstić information content (AvgIpc) is 3.37. The Balaban J connectivity index is 1.30. The molecule has 1 amide bonds. The molecule has 0 bridgehead atoms. The SMILES string of the molecule is C[C@@]1(C(=O)N2CCOC[C@@H](Cc3nccn4cccc34)C2)CC(c2ccccc2Cl)=NO1. The second kappa shape index (κ2) is 8.56. The van der Waals surface area contributed by atoms with E-state index in [4.69, 9.17) is 21.2 Å². The van der Waals surface area contributed by atoms with Gasteiger partial charge in [0.25, 0.3) is 5.91 Å². The molecular weight excluding hydrogens is 428 g/mol. The number of halogens is 1. The zero-order valence-electron chi connectivity index (χ0n) is 17.9. The van der Waals surface area contributed by atoms with Crippen LogP contribution in [0.2, 0.25) is 5.02 Å². The second-order valence-corrected chi connectivity index (χ2v) is 8.99. The molecule has 0 saturated carbocycles. The normalized spacial score (nSPS) is 23.6. The topological polar surface area (TPSA) is 68.4 Å². The molecule has 4 heterocycles. The lowest BCUT2D eigenvalue weighted by atomic mass is 9.93. The highest BCUT2D eigenvalue weighted by Gasteiger charge is 2.45. The van der Waals surface area contributed by atoms with Gasteiger partial charge in [-0.1, -0.05) is 35.0 Å². The molecule has 2 aliphatic rings. The van der Waals surface area contributed by atoms with Crippen molar-refractivity contribution in [2.75, 3.05) is 26.3 Å². The Hall–Kier alpha value is -2.90. The first-order valence-electron chi connectivity index (χ1n) is 10.8. The first-order chi connectivity index (χ1) is 15.5. The van der Waals surface area contributed by atoms with Crippen LogP contribution in [-0.4, -0.2) is 57.8 Å². The van der Waals surface area contributed by atoms with Gasteiger partial charge in [-0.15, -0.1) is 0 Å². The fourth-order valence-electron chi connectivity index (χ4n) is 4.48. The van der Waals surface area contributed by atoms with Crippen LogP contribution in [0, 0.1) is 5.92 Å². The van der Waals surface area contributed by atoms with E-state index in [0.29, 0.717) is 43.5 Å². The summed E-state index contributed by atoms with van der Waals surface area (Å²) in [6.07, 6.45) is 6.87. The summed E-state index contributed by atoms with van der Waals surface area (Å²) in [5.41, 5.74) is 2.53. The van der Waals surface area contributed by atoms with E-state index in [1.807, 2.05) is 53.8 Å². The van der Waals surface area contributed by atoms with Gasteiger partial charge in [0.15, 0.2) is 0 Å². The van der Waals surface area contributed by atoms with Crippen LogP contribution in [0.3, 0.4) is 0 Å². The second-order valence-electron chi connectivity index (χ2n) is 8.59. The Morgan fingerprint density at radius 3 is 3.00 bits per heavy atom. The highest BCUT2D eigenvalue weighted by Crippen LogP contribution is 2.31. The summed E-state index contributed by atoms with van der Waals surface area (Å²) in [4.78, 5) is 25.7. The molecule has 7 nitrogen and oxygen atoms in total. The monoisotopic (exact) mass is 452 g/mol. The molecule has 1 aromatic carbocycles. The standard InChI is InChI=1S/C24H25ClN4O3/c1-24(14-21(27-32-24)18-5-2-3-6-19(18)25)23(30)29-11-12-31-16-17(15-29)13-20-22-7-4-9-28(22)10-8-26-20/h2-10,17H,11-16H2,1H3/t17-,24-/m0/s1. The summed E-state index contributed by atoms with van der Waals surface area (Å²) in [7, 11) is 0. The molecule has 5 rings (SSSR count). The predicted octanol–water partition coefficient (Wildman–Crippen LogP) is 3.59. The van der Waals surface area contributed by atoms with Gasteiger partial charge >= 0.3 is 0 Å². The summed E-state index contributed by atoms with van der Waals surface area (Å²) >= 11 is 6.32. The van der Waals surface area contributed by atoms with E-state index in [0.717, 1.165) is 23.2 Å². The van der Waals surface area contributed by atoms with Gasteiger partial charge < -0.3 is 18.9 Å². The van der Waals surface area contributed by atoms with E-state index in [1.165, 1.54) is 0 Å². The third kappa shape index (κ3) is 3.98. The number of carbonyl (C=O) groups is 1. The number of aromatic nitrogens is 2. The van der Waals surface area contributed by atoms with Gasteiger partial charge in [0, 0.05) is 54.6 Å². The van der Waals surface area contributed by atoms with Crippen LogP contribution in [0.4, 0.5) is 0 Å². The number of rotatable bonds is 4. The third-order valence-corrected chi connectivity index (χ3v) is 6.47. The minimum atomic E-state index is -1.05. The van der Waals surface area contributed by atoms with Gasteiger partial charge in [-0.25, -0.2) is 0 Å². The Kier molecular flexibility index (Phi) is 5.61. The summed E-state index contributed by atoms with van der Waals surface area (Å²) in [5, 5.41) is 4.81. The van der Waals surface area contributed by atoms with Gasteiger partial charge in [0.2, 0.25) is 5.60 Å². The van der Waals surface area contributed by atoms with Crippen molar-refractivity contribution >= 4 is 28.7 Å². The van der Waals surface area contributed by atoms with Crippen LogP contribution in [0.5, 0.6) is 0 Å². The summed E-state index contributed by atoms with van der Waals surface area (Å²) in [6.45, 7) is 4.00. The minimum absolute atomic E-state index is 0.0762. The number of hydrogen-bond acceptors (Lipinski definition) is 5. The van der Waals surface area contributed by atoms with Crippen molar-refractivity contribution in [2.24, 2.45) is 11.1 Å². The van der Waals surface area contributed by atoms with Gasteiger partial charge in [0.05, 0.1) is 30.1 Å². The minimum Gasteiger partial charge on any atom is -0.379 e. The third-order valence-electron chi connectivity index (χ3n) is 6.14. The van der Waals surface area contributed by atoms with E-state index in [1.54, 1.807) is 6.92 Å². The van der Waals surface area contributed by atoms with Crippen LogP contribution >= 0.6 is 11.6 Å². The molecule has 1 fully saturated rings.